The first-order valence-electron chi connectivity index (χ1n) is 13.6. The fourth-order valence-electron chi connectivity index (χ4n) is 5.32. The SMILES string of the molecule is CC1=C(C(=O)OC(C)C)C(c2ccc(Cl)cc2)n2c(s/c(=C/c3cn(Cc4ccc(Cl)c(Cl)c4)c4ccccc34)c2=O)=N1. The second kappa shape index (κ2) is 11.8. The van der Waals surface area contributed by atoms with Gasteiger partial charge in [0.25, 0.3) is 5.56 Å². The van der Waals surface area contributed by atoms with E-state index < -0.39 is 12.0 Å². The average molecular weight is 651 g/mol. The van der Waals surface area contributed by atoms with E-state index in [0.717, 1.165) is 27.6 Å². The smallest absolute Gasteiger partial charge is 0.338 e. The Kier molecular flexibility index (Phi) is 8.09. The van der Waals surface area contributed by atoms with Gasteiger partial charge in [-0.25, -0.2) is 9.79 Å². The standard InChI is InChI=1S/C33H26Cl3N3O3S/c1-18(2)42-32(41)29-19(3)37-33-39(30(29)21-9-11-23(34)12-10-21)31(40)28(43-33)15-22-17-38(27-7-5-4-6-24(22)27)16-20-8-13-25(35)26(36)14-20/h4-15,17-18,30H,16H2,1-3H3/b28-15+. The molecule has 0 radical (unpaired) electrons. The van der Waals surface area contributed by atoms with Crippen LogP contribution in [0.25, 0.3) is 17.0 Å². The molecule has 10 heteroatoms. The van der Waals surface area contributed by atoms with Crippen molar-refractivity contribution in [1.29, 1.82) is 0 Å². The average Bonchev–Trinajstić information content (AvgIpc) is 3.46. The van der Waals surface area contributed by atoms with Gasteiger partial charge in [-0.05, 0) is 68.3 Å². The van der Waals surface area contributed by atoms with Gasteiger partial charge in [-0.3, -0.25) is 9.36 Å². The number of fused-ring (bicyclic) bond motifs is 2. The predicted molar refractivity (Wildman–Crippen MR) is 174 cm³/mol. The lowest BCUT2D eigenvalue weighted by Gasteiger charge is -2.25. The summed E-state index contributed by atoms with van der Waals surface area (Å²) < 4.78 is 9.79. The van der Waals surface area contributed by atoms with Crippen LogP contribution in [0.15, 0.2) is 94.0 Å². The van der Waals surface area contributed by atoms with Crippen LogP contribution in [0.3, 0.4) is 0 Å². The van der Waals surface area contributed by atoms with E-state index in [1.165, 1.54) is 11.3 Å². The van der Waals surface area contributed by atoms with Crippen molar-refractivity contribution in [1.82, 2.24) is 9.13 Å². The van der Waals surface area contributed by atoms with E-state index in [9.17, 15) is 9.59 Å². The largest absolute Gasteiger partial charge is 0.459 e. The number of ether oxygens (including phenoxy) is 1. The topological polar surface area (TPSA) is 65.6 Å². The van der Waals surface area contributed by atoms with Crippen molar-refractivity contribution in [3.05, 3.63) is 136 Å². The zero-order valence-corrected chi connectivity index (χ0v) is 26.6. The number of aromatic nitrogens is 2. The van der Waals surface area contributed by atoms with E-state index in [2.05, 4.69) is 4.57 Å². The molecule has 0 saturated carbocycles. The van der Waals surface area contributed by atoms with Gasteiger partial charge in [0, 0.05) is 34.2 Å². The second-order valence-corrected chi connectivity index (χ2v) is 12.8. The number of nitrogens with zero attached hydrogens (tertiary/aromatic N) is 3. The Morgan fingerprint density at radius 1 is 1.05 bits per heavy atom. The van der Waals surface area contributed by atoms with Crippen LogP contribution >= 0.6 is 46.1 Å². The van der Waals surface area contributed by atoms with Crippen LogP contribution in [0.1, 0.15) is 43.5 Å². The highest BCUT2D eigenvalue weighted by Crippen LogP contribution is 2.32. The molecule has 0 aliphatic carbocycles. The molecule has 6 nitrogen and oxygen atoms in total. The van der Waals surface area contributed by atoms with Gasteiger partial charge in [0.15, 0.2) is 4.80 Å². The van der Waals surface area contributed by atoms with Crippen molar-refractivity contribution in [3.8, 4) is 0 Å². The second-order valence-electron chi connectivity index (χ2n) is 10.6. The van der Waals surface area contributed by atoms with Gasteiger partial charge >= 0.3 is 5.97 Å². The van der Waals surface area contributed by atoms with Crippen molar-refractivity contribution in [3.63, 3.8) is 0 Å². The zero-order valence-electron chi connectivity index (χ0n) is 23.5. The number of hydrogen-bond acceptors (Lipinski definition) is 5. The van der Waals surface area contributed by atoms with Crippen LogP contribution in [0.2, 0.25) is 15.1 Å². The Hall–Kier alpha value is -3.62. The van der Waals surface area contributed by atoms with Gasteiger partial charge in [0.2, 0.25) is 0 Å². The number of allylic oxidation sites excluding steroid dienone is 1. The zero-order chi connectivity index (χ0) is 30.4. The minimum absolute atomic E-state index is 0.243. The van der Waals surface area contributed by atoms with Crippen molar-refractivity contribution in [2.45, 2.75) is 39.5 Å². The number of thiazole rings is 1. The molecule has 1 aliphatic heterocycles. The first kappa shape index (κ1) is 29.5. The van der Waals surface area contributed by atoms with E-state index in [0.29, 0.717) is 42.2 Å². The number of hydrogen-bond donors (Lipinski definition) is 0. The summed E-state index contributed by atoms with van der Waals surface area (Å²) in [5.74, 6) is -0.504. The summed E-state index contributed by atoms with van der Waals surface area (Å²) in [4.78, 5) is 32.6. The van der Waals surface area contributed by atoms with Crippen molar-refractivity contribution >= 4 is 69.1 Å². The molecule has 3 heterocycles. The van der Waals surface area contributed by atoms with E-state index >= 15 is 0 Å². The third-order valence-electron chi connectivity index (χ3n) is 7.21. The van der Waals surface area contributed by atoms with Crippen molar-refractivity contribution in [2.24, 2.45) is 4.99 Å². The molecule has 5 aromatic rings. The highest BCUT2D eigenvalue weighted by Gasteiger charge is 2.33. The molecule has 0 bridgehead atoms. The van der Waals surface area contributed by atoms with E-state index in [1.54, 1.807) is 43.5 Å². The van der Waals surface area contributed by atoms with Crippen LogP contribution in [-0.2, 0) is 16.1 Å². The molecule has 6 rings (SSSR count). The van der Waals surface area contributed by atoms with Crippen LogP contribution in [-0.4, -0.2) is 21.2 Å². The molecule has 0 N–H and O–H groups in total. The molecule has 3 aromatic carbocycles. The third kappa shape index (κ3) is 5.70. The maximum atomic E-state index is 14.1. The third-order valence-corrected chi connectivity index (χ3v) is 9.19. The van der Waals surface area contributed by atoms with Gasteiger partial charge in [-0.15, -0.1) is 0 Å². The van der Waals surface area contributed by atoms with E-state index in [4.69, 9.17) is 44.5 Å². The van der Waals surface area contributed by atoms with Crippen LogP contribution in [0.4, 0.5) is 0 Å². The lowest BCUT2D eigenvalue weighted by Crippen LogP contribution is -2.40. The number of carbonyl (C=O) groups excluding carboxylic acids is 1. The highest BCUT2D eigenvalue weighted by atomic mass is 35.5. The molecule has 1 aliphatic rings. The summed E-state index contributed by atoms with van der Waals surface area (Å²) in [7, 11) is 0. The number of rotatable bonds is 6. The molecule has 1 unspecified atom stereocenters. The number of halogens is 3. The Bertz CT molecular complexity index is 2110. The first-order valence-corrected chi connectivity index (χ1v) is 15.6. The Morgan fingerprint density at radius 2 is 1.79 bits per heavy atom. The summed E-state index contributed by atoms with van der Waals surface area (Å²) in [6.07, 6.45) is 3.59. The van der Waals surface area contributed by atoms with E-state index in [1.807, 2.05) is 60.8 Å². The normalized spacial score (nSPS) is 15.2. The molecule has 2 aromatic heterocycles. The molecule has 1 atom stereocenters. The van der Waals surface area contributed by atoms with Gasteiger partial charge in [0.1, 0.15) is 0 Å². The summed E-state index contributed by atoms with van der Waals surface area (Å²) >= 11 is 19.9. The maximum Gasteiger partial charge on any atom is 0.338 e. The van der Waals surface area contributed by atoms with Gasteiger partial charge in [0.05, 0.1) is 38.0 Å². The fraction of sp³-hybridized carbons (Fsp3) is 0.182. The molecule has 0 fully saturated rings. The van der Waals surface area contributed by atoms with Crippen LogP contribution in [0, 0.1) is 0 Å². The molecule has 0 saturated heterocycles. The Labute approximate surface area is 266 Å². The number of para-hydroxylation sites is 1. The Morgan fingerprint density at radius 3 is 2.51 bits per heavy atom. The molecule has 0 spiro atoms. The van der Waals surface area contributed by atoms with Crippen LogP contribution < -0.4 is 14.9 Å². The van der Waals surface area contributed by atoms with Gasteiger partial charge in [-0.2, -0.15) is 0 Å². The number of esters is 1. The highest BCUT2D eigenvalue weighted by molar-refractivity contribution is 7.07. The lowest BCUT2D eigenvalue weighted by molar-refractivity contribution is -0.143. The van der Waals surface area contributed by atoms with E-state index in [-0.39, 0.29) is 11.7 Å². The molecule has 0 amide bonds. The van der Waals surface area contributed by atoms with Crippen molar-refractivity contribution in [2.75, 3.05) is 0 Å². The molecule has 218 valence electrons. The minimum Gasteiger partial charge on any atom is -0.459 e. The summed E-state index contributed by atoms with van der Waals surface area (Å²) in [6.45, 7) is 5.92. The minimum atomic E-state index is -0.710. The number of carbonyl (C=O) groups is 1. The number of benzene rings is 3. The fourth-order valence-corrected chi connectivity index (χ4v) is 6.80. The maximum absolute atomic E-state index is 14.1. The lowest BCUT2D eigenvalue weighted by atomic mass is 9.96. The molecular weight excluding hydrogens is 625 g/mol. The summed E-state index contributed by atoms with van der Waals surface area (Å²) in [5, 5.41) is 2.56. The summed E-state index contributed by atoms with van der Waals surface area (Å²) in [5.41, 5.74) is 4.23. The quantitative estimate of drug-likeness (QED) is 0.183. The monoisotopic (exact) mass is 649 g/mol. The molecular formula is C33H26Cl3N3O3S. The van der Waals surface area contributed by atoms with Crippen molar-refractivity contribution < 1.29 is 9.53 Å². The molecule has 43 heavy (non-hydrogen) atoms. The van der Waals surface area contributed by atoms with Crippen LogP contribution in [0.5, 0.6) is 0 Å². The predicted octanol–water partition coefficient (Wildman–Crippen LogP) is 7.15. The first-order chi connectivity index (χ1) is 20.6. The van der Waals surface area contributed by atoms with Gasteiger partial charge in [-0.1, -0.05) is 82.5 Å². The van der Waals surface area contributed by atoms with Gasteiger partial charge < -0.3 is 9.30 Å². The Balaban J connectivity index is 1.50. The summed E-state index contributed by atoms with van der Waals surface area (Å²) in [6, 6.07) is 20.1.